The predicted molar refractivity (Wildman–Crippen MR) is 98.2 cm³/mol. The van der Waals surface area contributed by atoms with E-state index in [1.807, 2.05) is 0 Å². The monoisotopic (exact) mass is 374 g/mol. The number of halogens is 1. The van der Waals surface area contributed by atoms with Crippen LogP contribution in [0.4, 0.5) is 0 Å². The Kier molecular flexibility index (Phi) is 7.17. The molecule has 0 unspecified atom stereocenters. The predicted octanol–water partition coefficient (Wildman–Crippen LogP) is 3.16. The van der Waals surface area contributed by atoms with Crippen LogP contribution in [0.25, 0.3) is 0 Å². The van der Waals surface area contributed by atoms with Crippen molar-refractivity contribution in [2.45, 2.75) is 19.8 Å². The highest BCUT2D eigenvalue weighted by atomic mass is 35.5. The molecule has 0 saturated heterocycles. The number of Topliss-reactive ketones (excluding diaryl/α,β-unsaturated/α-hetero) is 1. The van der Waals surface area contributed by atoms with E-state index in [0.29, 0.717) is 29.4 Å². The maximum atomic E-state index is 11.9. The standard InChI is InChI=1S/C19H19ClN2O4/c1-13(23)14-8-10-15(11-9-14)26-12-4-7-18(24)21-22-19(25)16-5-2-3-6-17(16)20/h2-3,5-6,8-11H,4,7,12H2,1H3,(H,21,24)(H,22,25). The largest absolute Gasteiger partial charge is 0.494 e. The fraction of sp³-hybridized carbons (Fsp3) is 0.211. The average molecular weight is 375 g/mol. The van der Waals surface area contributed by atoms with Gasteiger partial charge < -0.3 is 4.74 Å². The lowest BCUT2D eigenvalue weighted by Crippen LogP contribution is -2.41. The number of hydrazine groups is 1. The second kappa shape index (κ2) is 9.58. The van der Waals surface area contributed by atoms with Gasteiger partial charge in [-0.1, -0.05) is 23.7 Å². The second-order valence-electron chi connectivity index (χ2n) is 5.51. The van der Waals surface area contributed by atoms with Gasteiger partial charge in [0.05, 0.1) is 17.2 Å². The van der Waals surface area contributed by atoms with Gasteiger partial charge in [-0.3, -0.25) is 25.2 Å². The number of nitrogens with one attached hydrogen (secondary N) is 2. The Morgan fingerprint density at radius 3 is 2.35 bits per heavy atom. The van der Waals surface area contributed by atoms with E-state index in [0.717, 1.165) is 0 Å². The van der Waals surface area contributed by atoms with Crippen LogP contribution >= 0.6 is 11.6 Å². The molecule has 2 N–H and O–H groups in total. The number of ether oxygens (including phenoxy) is 1. The first-order valence-corrected chi connectivity index (χ1v) is 8.42. The zero-order valence-corrected chi connectivity index (χ0v) is 15.0. The Morgan fingerprint density at radius 2 is 1.69 bits per heavy atom. The molecule has 0 atom stereocenters. The Hall–Kier alpha value is -2.86. The van der Waals surface area contributed by atoms with Gasteiger partial charge in [-0.2, -0.15) is 0 Å². The number of hydrogen-bond acceptors (Lipinski definition) is 4. The third-order valence-corrected chi connectivity index (χ3v) is 3.84. The summed E-state index contributed by atoms with van der Waals surface area (Å²) in [6.07, 6.45) is 0.663. The Balaban J connectivity index is 1.66. The van der Waals surface area contributed by atoms with Crippen LogP contribution in [-0.2, 0) is 4.79 Å². The smallest absolute Gasteiger partial charge is 0.271 e. The molecule has 26 heavy (non-hydrogen) atoms. The summed E-state index contributed by atoms with van der Waals surface area (Å²) in [6.45, 7) is 1.84. The van der Waals surface area contributed by atoms with E-state index >= 15 is 0 Å². The molecule has 0 fully saturated rings. The highest BCUT2D eigenvalue weighted by Gasteiger charge is 2.10. The van der Waals surface area contributed by atoms with Gasteiger partial charge in [0.25, 0.3) is 5.91 Å². The number of carbonyl (C=O) groups is 3. The Morgan fingerprint density at radius 1 is 1.00 bits per heavy atom. The molecular weight excluding hydrogens is 356 g/mol. The molecule has 0 aliphatic carbocycles. The van der Waals surface area contributed by atoms with Gasteiger partial charge in [-0.25, -0.2) is 0 Å². The molecule has 136 valence electrons. The highest BCUT2D eigenvalue weighted by Crippen LogP contribution is 2.14. The molecule has 2 aromatic rings. The Labute approximate surface area is 156 Å². The van der Waals surface area contributed by atoms with Gasteiger partial charge in [0, 0.05) is 12.0 Å². The highest BCUT2D eigenvalue weighted by molar-refractivity contribution is 6.33. The SMILES string of the molecule is CC(=O)c1ccc(OCCCC(=O)NNC(=O)c2ccccc2Cl)cc1. The lowest BCUT2D eigenvalue weighted by molar-refractivity contribution is -0.122. The van der Waals surface area contributed by atoms with Crippen LogP contribution < -0.4 is 15.6 Å². The molecule has 2 rings (SSSR count). The van der Waals surface area contributed by atoms with Crippen molar-refractivity contribution in [2.24, 2.45) is 0 Å². The van der Waals surface area contributed by atoms with Crippen molar-refractivity contribution >= 4 is 29.2 Å². The molecule has 0 heterocycles. The molecule has 2 amide bonds. The van der Waals surface area contributed by atoms with Crippen LogP contribution in [0.5, 0.6) is 5.75 Å². The maximum Gasteiger partial charge on any atom is 0.271 e. The minimum Gasteiger partial charge on any atom is -0.494 e. The summed E-state index contributed by atoms with van der Waals surface area (Å²) < 4.78 is 5.51. The van der Waals surface area contributed by atoms with E-state index in [2.05, 4.69) is 10.9 Å². The number of benzene rings is 2. The number of hydrogen-bond donors (Lipinski definition) is 2. The zero-order valence-electron chi connectivity index (χ0n) is 14.3. The first kappa shape index (κ1) is 19.5. The minimum absolute atomic E-state index is 0.00735. The molecule has 0 aromatic heterocycles. The van der Waals surface area contributed by atoms with Crippen molar-refractivity contribution < 1.29 is 19.1 Å². The molecule has 0 bridgehead atoms. The van der Waals surface area contributed by atoms with Gasteiger partial charge in [0.15, 0.2) is 5.78 Å². The molecule has 0 spiro atoms. The van der Waals surface area contributed by atoms with Crippen molar-refractivity contribution in [1.82, 2.24) is 10.9 Å². The number of ketones is 1. The van der Waals surface area contributed by atoms with E-state index in [1.165, 1.54) is 6.92 Å². The topological polar surface area (TPSA) is 84.5 Å². The molecule has 2 aromatic carbocycles. The first-order chi connectivity index (χ1) is 12.5. The van der Waals surface area contributed by atoms with Crippen molar-refractivity contribution in [3.8, 4) is 5.75 Å². The fourth-order valence-corrected chi connectivity index (χ4v) is 2.33. The summed E-state index contributed by atoms with van der Waals surface area (Å²) in [6, 6.07) is 13.4. The van der Waals surface area contributed by atoms with Gasteiger partial charge in [-0.05, 0) is 49.7 Å². The van der Waals surface area contributed by atoms with Crippen molar-refractivity contribution in [1.29, 1.82) is 0 Å². The summed E-state index contributed by atoms with van der Waals surface area (Å²) in [5.74, 6) is -0.193. The van der Waals surface area contributed by atoms with Crippen LogP contribution in [0, 0.1) is 0 Å². The number of amides is 2. The van der Waals surface area contributed by atoms with Gasteiger partial charge in [-0.15, -0.1) is 0 Å². The maximum absolute atomic E-state index is 11.9. The molecule has 0 aliphatic heterocycles. The van der Waals surface area contributed by atoms with E-state index in [9.17, 15) is 14.4 Å². The number of carbonyl (C=O) groups excluding carboxylic acids is 3. The van der Waals surface area contributed by atoms with Gasteiger partial charge >= 0.3 is 0 Å². The number of rotatable bonds is 7. The van der Waals surface area contributed by atoms with E-state index in [1.54, 1.807) is 48.5 Å². The van der Waals surface area contributed by atoms with Crippen LogP contribution in [0.3, 0.4) is 0 Å². The molecule has 0 aliphatic rings. The third kappa shape index (κ3) is 5.89. The van der Waals surface area contributed by atoms with Crippen molar-refractivity contribution in [3.63, 3.8) is 0 Å². The van der Waals surface area contributed by atoms with Crippen LogP contribution in [-0.4, -0.2) is 24.2 Å². The normalized spacial score (nSPS) is 10.1. The second-order valence-corrected chi connectivity index (χ2v) is 5.92. The van der Waals surface area contributed by atoms with Gasteiger partial charge in [0.2, 0.25) is 5.91 Å². The van der Waals surface area contributed by atoms with Crippen molar-refractivity contribution in [3.05, 3.63) is 64.7 Å². The fourth-order valence-electron chi connectivity index (χ4n) is 2.11. The molecule has 6 nitrogen and oxygen atoms in total. The van der Waals surface area contributed by atoms with Crippen LogP contribution in [0.2, 0.25) is 5.02 Å². The molecule has 7 heteroatoms. The lowest BCUT2D eigenvalue weighted by atomic mass is 10.1. The van der Waals surface area contributed by atoms with E-state index in [-0.39, 0.29) is 23.7 Å². The minimum atomic E-state index is -0.481. The van der Waals surface area contributed by atoms with Crippen LogP contribution in [0.15, 0.2) is 48.5 Å². The Bertz CT molecular complexity index is 790. The molecule has 0 saturated carbocycles. The summed E-state index contributed by atoms with van der Waals surface area (Å²) >= 11 is 5.91. The van der Waals surface area contributed by atoms with Crippen molar-refractivity contribution in [2.75, 3.05) is 6.61 Å². The zero-order chi connectivity index (χ0) is 18.9. The van der Waals surface area contributed by atoms with E-state index < -0.39 is 5.91 Å². The summed E-state index contributed by atoms with van der Waals surface area (Å²) in [5.41, 5.74) is 5.56. The van der Waals surface area contributed by atoms with Crippen LogP contribution in [0.1, 0.15) is 40.5 Å². The quantitative estimate of drug-likeness (QED) is 0.443. The van der Waals surface area contributed by atoms with Gasteiger partial charge in [0.1, 0.15) is 5.75 Å². The third-order valence-electron chi connectivity index (χ3n) is 3.51. The molecular formula is C19H19ClN2O4. The lowest BCUT2D eigenvalue weighted by Gasteiger charge is -2.09. The first-order valence-electron chi connectivity index (χ1n) is 8.05. The van der Waals surface area contributed by atoms with E-state index in [4.69, 9.17) is 16.3 Å². The summed E-state index contributed by atoms with van der Waals surface area (Å²) in [5, 5.41) is 0.309. The summed E-state index contributed by atoms with van der Waals surface area (Å²) in [7, 11) is 0. The summed E-state index contributed by atoms with van der Waals surface area (Å²) in [4.78, 5) is 34.8. The average Bonchev–Trinajstić information content (AvgIpc) is 2.64. The molecule has 0 radical (unpaired) electrons.